The van der Waals surface area contributed by atoms with Crippen molar-refractivity contribution in [3.63, 3.8) is 0 Å². The highest BCUT2D eigenvalue weighted by molar-refractivity contribution is 7.10. The van der Waals surface area contributed by atoms with Crippen molar-refractivity contribution in [1.82, 2.24) is 15.2 Å². The number of urea groups is 1. The fourth-order valence-electron chi connectivity index (χ4n) is 1.53. The van der Waals surface area contributed by atoms with Crippen molar-refractivity contribution in [1.29, 1.82) is 0 Å². The number of amides is 3. The lowest BCUT2D eigenvalue weighted by Crippen LogP contribution is -2.34. The summed E-state index contributed by atoms with van der Waals surface area (Å²) in [5.41, 5.74) is 7.84. The molecule has 1 aliphatic heterocycles. The average molecular weight is 263 g/mol. The van der Waals surface area contributed by atoms with Crippen LogP contribution >= 0.6 is 23.7 Å². The predicted molar refractivity (Wildman–Crippen MR) is 61.3 cm³/mol. The van der Waals surface area contributed by atoms with Gasteiger partial charge in [0.1, 0.15) is 0 Å². The van der Waals surface area contributed by atoms with E-state index in [1.807, 2.05) is 0 Å². The lowest BCUT2D eigenvalue weighted by Gasteiger charge is -2.18. The maximum atomic E-state index is 11.6. The highest BCUT2D eigenvalue weighted by Gasteiger charge is 2.40. The highest BCUT2D eigenvalue weighted by Crippen LogP contribution is 2.29. The fourth-order valence-corrected chi connectivity index (χ4v) is 2.44. The maximum Gasteiger partial charge on any atom is 0.326 e. The van der Waals surface area contributed by atoms with Gasteiger partial charge in [-0.05, 0) is 6.92 Å². The molecule has 88 valence electrons. The minimum absolute atomic E-state index is 0. The Bertz CT molecular complexity index is 422. The number of aromatic nitrogens is 1. The number of nitrogens with one attached hydrogen (secondary N) is 1. The fraction of sp³-hybridized carbons (Fsp3) is 0.375. The van der Waals surface area contributed by atoms with E-state index in [9.17, 15) is 9.59 Å². The summed E-state index contributed by atoms with van der Waals surface area (Å²) in [5.74, 6) is -0.335. The van der Waals surface area contributed by atoms with E-state index >= 15 is 0 Å². The van der Waals surface area contributed by atoms with E-state index in [0.29, 0.717) is 0 Å². The van der Waals surface area contributed by atoms with Gasteiger partial charge in [0.2, 0.25) is 0 Å². The first-order valence-corrected chi connectivity index (χ1v) is 5.24. The van der Waals surface area contributed by atoms with E-state index in [2.05, 4.69) is 10.3 Å². The topological polar surface area (TPSA) is 88.3 Å². The molecule has 0 aliphatic carbocycles. The van der Waals surface area contributed by atoms with Crippen LogP contribution in [0.15, 0.2) is 5.51 Å². The molecule has 16 heavy (non-hydrogen) atoms. The van der Waals surface area contributed by atoms with Gasteiger partial charge < -0.3 is 5.73 Å². The van der Waals surface area contributed by atoms with Gasteiger partial charge >= 0.3 is 6.03 Å². The van der Waals surface area contributed by atoms with E-state index in [-0.39, 0.29) is 25.0 Å². The number of hydrogen-bond donors (Lipinski definition) is 2. The Balaban J connectivity index is 0.00000128. The van der Waals surface area contributed by atoms with Crippen LogP contribution in [0, 0.1) is 6.92 Å². The van der Waals surface area contributed by atoms with Crippen LogP contribution in [-0.2, 0) is 4.79 Å². The lowest BCUT2D eigenvalue weighted by molar-refractivity contribution is -0.121. The molecule has 6 nitrogen and oxygen atoms in total. The van der Waals surface area contributed by atoms with Crippen molar-refractivity contribution < 1.29 is 9.59 Å². The molecule has 0 radical (unpaired) electrons. The van der Waals surface area contributed by atoms with Gasteiger partial charge in [-0.3, -0.25) is 15.0 Å². The molecule has 1 saturated heterocycles. The number of carbonyl (C=O) groups is 2. The summed E-state index contributed by atoms with van der Waals surface area (Å²) in [4.78, 5) is 29.0. The molecule has 3 amide bonds. The van der Waals surface area contributed by atoms with Gasteiger partial charge in [-0.15, -0.1) is 23.7 Å². The number of imide groups is 1. The number of aryl methyl sites for hydroxylation is 1. The molecular formula is C8H11ClN4O2S. The molecule has 0 saturated carbocycles. The molecule has 1 fully saturated rings. The van der Waals surface area contributed by atoms with Crippen LogP contribution in [0.4, 0.5) is 4.79 Å². The highest BCUT2D eigenvalue weighted by atomic mass is 35.5. The second kappa shape index (κ2) is 4.77. The summed E-state index contributed by atoms with van der Waals surface area (Å²) in [6.45, 7) is 1.82. The second-order valence-electron chi connectivity index (χ2n) is 3.15. The standard InChI is InChI=1S/C8H10N4O2S.ClH/c1-4-6(15-3-10-4)5-7(13)11-8(14)12(5)2-9;/h3,5H,2,9H2,1H3,(H,11,13,14);1H. The number of halogens is 1. The van der Waals surface area contributed by atoms with Gasteiger partial charge in [0.25, 0.3) is 5.91 Å². The van der Waals surface area contributed by atoms with Crippen molar-refractivity contribution in [2.75, 3.05) is 6.67 Å². The monoisotopic (exact) mass is 262 g/mol. The van der Waals surface area contributed by atoms with Crippen LogP contribution in [0.25, 0.3) is 0 Å². The van der Waals surface area contributed by atoms with E-state index in [1.165, 1.54) is 16.2 Å². The Morgan fingerprint density at radius 2 is 2.31 bits per heavy atom. The van der Waals surface area contributed by atoms with Gasteiger partial charge in [-0.1, -0.05) is 0 Å². The quantitative estimate of drug-likeness (QED) is 0.755. The minimum Gasteiger partial charge on any atom is -0.314 e. The third kappa shape index (κ3) is 1.89. The van der Waals surface area contributed by atoms with Crippen molar-refractivity contribution in [2.45, 2.75) is 13.0 Å². The molecule has 1 atom stereocenters. The Kier molecular flexibility index (Phi) is 3.84. The molecule has 3 N–H and O–H groups in total. The van der Waals surface area contributed by atoms with Gasteiger partial charge in [0.15, 0.2) is 6.04 Å². The van der Waals surface area contributed by atoms with Crippen LogP contribution < -0.4 is 11.1 Å². The Morgan fingerprint density at radius 1 is 1.62 bits per heavy atom. The second-order valence-corrected chi connectivity index (χ2v) is 4.04. The molecule has 2 heterocycles. The number of hydrogen-bond acceptors (Lipinski definition) is 5. The van der Waals surface area contributed by atoms with Gasteiger partial charge in [0.05, 0.1) is 22.8 Å². The summed E-state index contributed by atoms with van der Waals surface area (Å²) >= 11 is 1.35. The molecular weight excluding hydrogens is 252 g/mol. The molecule has 0 bridgehead atoms. The Morgan fingerprint density at radius 3 is 2.81 bits per heavy atom. The van der Waals surface area contributed by atoms with Crippen molar-refractivity contribution in [2.24, 2.45) is 5.73 Å². The number of rotatable bonds is 2. The molecule has 1 unspecified atom stereocenters. The summed E-state index contributed by atoms with van der Waals surface area (Å²) in [6.07, 6.45) is 0. The van der Waals surface area contributed by atoms with Gasteiger partial charge in [-0.2, -0.15) is 0 Å². The van der Waals surface area contributed by atoms with Crippen molar-refractivity contribution in [3.05, 3.63) is 16.1 Å². The SMILES string of the molecule is Cc1ncsc1C1C(=O)NC(=O)N1CN.Cl. The minimum atomic E-state index is -0.616. The number of nitrogens with two attached hydrogens (primary N) is 1. The van der Waals surface area contributed by atoms with Crippen LogP contribution in [0.2, 0.25) is 0 Å². The van der Waals surface area contributed by atoms with Gasteiger partial charge in [0, 0.05) is 0 Å². The first-order chi connectivity index (χ1) is 7.15. The lowest BCUT2D eigenvalue weighted by atomic mass is 10.2. The molecule has 1 aromatic heterocycles. The first-order valence-electron chi connectivity index (χ1n) is 4.36. The summed E-state index contributed by atoms with van der Waals surface area (Å²) in [6, 6.07) is -1.06. The molecule has 1 aliphatic rings. The van der Waals surface area contributed by atoms with E-state index in [4.69, 9.17) is 5.73 Å². The van der Waals surface area contributed by atoms with Crippen molar-refractivity contribution >= 4 is 35.7 Å². The molecule has 1 aromatic rings. The first kappa shape index (κ1) is 12.9. The molecule has 8 heteroatoms. The third-order valence-electron chi connectivity index (χ3n) is 2.28. The van der Waals surface area contributed by atoms with Crippen LogP contribution in [0.3, 0.4) is 0 Å². The molecule has 2 rings (SSSR count). The maximum absolute atomic E-state index is 11.6. The van der Waals surface area contributed by atoms with Crippen LogP contribution in [0.5, 0.6) is 0 Å². The molecule has 0 aromatic carbocycles. The zero-order chi connectivity index (χ0) is 11.0. The Hall–Kier alpha value is -1.18. The van der Waals surface area contributed by atoms with Crippen LogP contribution in [0.1, 0.15) is 16.6 Å². The van der Waals surface area contributed by atoms with Crippen LogP contribution in [-0.4, -0.2) is 28.5 Å². The zero-order valence-corrected chi connectivity index (χ0v) is 10.1. The number of thiazole rings is 1. The predicted octanol–water partition coefficient (Wildman–Crippen LogP) is 0.382. The molecule has 0 spiro atoms. The largest absolute Gasteiger partial charge is 0.326 e. The van der Waals surface area contributed by atoms with E-state index in [1.54, 1.807) is 12.4 Å². The van der Waals surface area contributed by atoms with Crippen molar-refractivity contribution in [3.8, 4) is 0 Å². The summed E-state index contributed by atoms with van der Waals surface area (Å²) in [5, 5.41) is 2.23. The normalized spacial score (nSPS) is 19.6. The van der Waals surface area contributed by atoms with E-state index in [0.717, 1.165) is 10.6 Å². The number of carbonyl (C=O) groups excluding carboxylic acids is 2. The Labute approximate surface area is 102 Å². The average Bonchev–Trinajstić information content (AvgIpc) is 2.70. The van der Waals surface area contributed by atoms with Gasteiger partial charge in [-0.25, -0.2) is 9.78 Å². The summed E-state index contributed by atoms with van der Waals surface area (Å²) < 4.78 is 0. The van der Waals surface area contributed by atoms with E-state index < -0.39 is 12.1 Å². The zero-order valence-electron chi connectivity index (χ0n) is 8.47. The smallest absolute Gasteiger partial charge is 0.314 e. The third-order valence-corrected chi connectivity index (χ3v) is 3.26. The summed E-state index contributed by atoms with van der Waals surface area (Å²) in [7, 11) is 0. The number of nitrogens with zero attached hydrogens (tertiary/aromatic N) is 2.